The van der Waals surface area contributed by atoms with Crippen LogP contribution >= 0.6 is 0 Å². The van der Waals surface area contributed by atoms with Gasteiger partial charge in [0.1, 0.15) is 5.69 Å². The Morgan fingerprint density at radius 3 is 2.07 bits per heavy atom. The molecule has 0 unspecified atom stereocenters. The first kappa shape index (κ1) is 30.1. The van der Waals surface area contributed by atoms with Gasteiger partial charge in [0.05, 0.1) is 34.0 Å². The van der Waals surface area contributed by atoms with E-state index in [1.54, 1.807) is 6.07 Å². The van der Waals surface area contributed by atoms with Crippen molar-refractivity contribution in [2.45, 2.75) is 36.6 Å². The lowest BCUT2D eigenvalue weighted by Crippen LogP contribution is -2.46. The first-order valence-electron chi connectivity index (χ1n) is 11.8. The summed E-state index contributed by atoms with van der Waals surface area (Å²) in [6.45, 7) is 2.53. The third-order valence-corrected chi connectivity index (χ3v) is 7.48. The summed E-state index contributed by atoms with van der Waals surface area (Å²) in [5.41, 5.74) is -3.05. The number of pyridine rings is 1. The van der Waals surface area contributed by atoms with Gasteiger partial charge in [-0.15, -0.1) is 0 Å². The van der Waals surface area contributed by atoms with Gasteiger partial charge >= 0.3 is 12.4 Å². The molecule has 0 saturated heterocycles. The van der Waals surface area contributed by atoms with Crippen molar-refractivity contribution in [1.29, 1.82) is 0 Å². The summed E-state index contributed by atoms with van der Waals surface area (Å²) in [5, 5.41) is 9.42. The van der Waals surface area contributed by atoms with E-state index in [2.05, 4.69) is 19.7 Å². The summed E-state index contributed by atoms with van der Waals surface area (Å²) >= 11 is 0. The predicted octanol–water partition coefficient (Wildman–Crippen LogP) is 5.96. The number of sulfonamides is 1. The Bertz CT molecular complexity index is 1670. The second kappa shape index (κ2) is 10.8. The van der Waals surface area contributed by atoms with Gasteiger partial charge in [-0.1, -0.05) is 24.3 Å². The molecule has 0 aliphatic carbocycles. The van der Waals surface area contributed by atoms with Crippen molar-refractivity contribution in [3.05, 3.63) is 84.2 Å². The summed E-state index contributed by atoms with van der Waals surface area (Å²) < 4.78 is 108. The minimum absolute atomic E-state index is 0.0117. The van der Waals surface area contributed by atoms with Crippen LogP contribution in [0, 0.1) is 0 Å². The van der Waals surface area contributed by atoms with Crippen molar-refractivity contribution in [1.82, 2.24) is 19.7 Å². The van der Waals surface area contributed by atoms with Crippen LogP contribution in [0.2, 0.25) is 0 Å². The number of hydrogen-bond donors (Lipinski definition) is 2. The average molecular weight is 597 g/mol. The Hall–Kier alpha value is -3.88. The summed E-state index contributed by atoms with van der Waals surface area (Å²) in [6.07, 6.45) is -8.23. The molecular weight excluding hydrogens is 574 g/mol. The molecule has 0 fully saturated rings. The van der Waals surface area contributed by atoms with Gasteiger partial charge in [-0.25, -0.2) is 23.1 Å². The molecule has 2 aromatic carbocycles. The number of benzene rings is 2. The number of aliphatic hydroxyl groups excluding tert-OH is 1. The summed E-state index contributed by atoms with van der Waals surface area (Å²) in [6, 6.07) is 12.5. The van der Waals surface area contributed by atoms with Crippen molar-refractivity contribution in [3.8, 4) is 33.9 Å². The fraction of sp³-hybridized carbons (Fsp3) is 0.222. The topological polar surface area (TPSA) is 105 Å². The van der Waals surface area contributed by atoms with Gasteiger partial charge in [0, 0.05) is 22.9 Å². The van der Waals surface area contributed by atoms with Crippen molar-refractivity contribution < 1.29 is 39.9 Å². The molecule has 14 heteroatoms. The Morgan fingerprint density at radius 2 is 1.46 bits per heavy atom. The zero-order chi connectivity index (χ0) is 30.2. The lowest BCUT2D eigenvalue weighted by atomic mass is 10.1. The standard InChI is InChI=1S/C27H22F6N4O3S/c1-25(2,15-38)37-41(39,40)20-5-3-4-17(12-20)21-13-18(10-11-34-21)24-35-22(14-23(36-24)27(31,32)33)16-6-8-19(9-7-16)26(28,29)30/h3-14,37-38H,15H2,1-2H3. The molecular formula is C27H22F6N4O3S. The molecule has 0 amide bonds. The van der Waals surface area contributed by atoms with Gasteiger partial charge in [0.25, 0.3) is 0 Å². The van der Waals surface area contributed by atoms with Crippen LogP contribution in [0.3, 0.4) is 0 Å². The minimum Gasteiger partial charge on any atom is -0.394 e. The molecule has 0 saturated carbocycles. The number of alkyl halides is 6. The summed E-state index contributed by atoms with van der Waals surface area (Å²) in [5.74, 6) is -0.367. The molecule has 0 aliphatic rings. The van der Waals surface area contributed by atoms with Crippen molar-refractivity contribution in [2.75, 3.05) is 6.61 Å². The first-order valence-corrected chi connectivity index (χ1v) is 13.3. The number of nitrogens with zero attached hydrogens (tertiary/aromatic N) is 3. The maximum Gasteiger partial charge on any atom is 0.433 e. The molecule has 4 aromatic rings. The maximum absolute atomic E-state index is 13.7. The number of aliphatic hydroxyl groups is 1. The molecule has 4 rings (SSSR count). The molecule has 2 N–H and O–H groups in total. The molecule has 7 nitrogen and oxygen atoms in total. The van der Waals surface area contributed by atoms with Gasteiger partial charge < -0.3 is 5.11 Å². The van der Waals surface area contributed by atoms with E-state index >= 15 is 0 Å². The van der Waals surface area contributed by atoms with Crippen LogP contribution in [0.4, 0.5) is 26.3 Å². The number of hydrogen-bond acceptors (Lipinski definition) is 6. The highest BCUT2D eigenvalue weighted by Gasteiger charge is 2.34. The largest absolute Gasteiger partial charge is 0.433 e. The number of rotatable bonds is 7. The SMILES string of the molecule is CC(C)(CO)NS(=O)(=O)c1cccc(-c2cc(-c3nc(-c4ccc(C(F)(F)F)cc4)cc(C(F)(F)F)n3)ccn2)c1. The van der Waals surface area contributed by atoms with Gasteiger partial charge in [-0.05, 0) is 56.3 Å². The van der Waals surface area contributed by atoms with E-state index in [9.17, 15) is 39.9 Å². The third kappa shape index (κ3) is 7.07. The van der Waals surface area contributed by atoms with Gasteiger partial charge in [0.15, 0.2) is 5.82 Å². The lowest BCUT2D eigenvalue weighted by molar-refractivity contribution is -0.141. The van der Waals surface area contributed by atoms with Crippen molar-refractivity contribution in [3.63, 3.8) is 0 Å². The summed E-state index contributed by atoms with van der Waals surface area (Å²) in [7, 11) is -4.05. The normalized spacial score (nSPS) is 12.9. The molecule has 216 valence electrons. The Balaban J connectivity index is 1.77. The van der Waals surface area contributed by atoms with Crippen LogP contribution < -0.4 is 4.72 Å². The minimum atomic E-state index is -4.88. The number of aromatic nitrogens is 3. The molecule has 0 bridgehead atoms. The highest BCUT2D eigenvalue weighted by Crippen LogP contribution is 2.35. The fourth-order valence-corrected chi connectivity index (χ4v) is 5.15. The van der Waals surface area contributed by atoms with Gasteiger partial charge in [0.2, 0.25) is 10.0 Å². The zero-order valence-electron chi connectivity index (χ0n) is 21.4. The monoisotopic (exact) mass is 596 g/mol. The van der Waals surface area contributed by atoms with Crippen LogP contribution in [0.5, 0.6) is 0 Å². The molecule has 2 heterocycles. The molecule has 41 heavy (non-hydrogen) atoms. The van der Waals surface area contributed by atoms with Crippen LogP contribution in [0.15, 0.2) is 77.8 Å². The Morgan fingerprint density at radius 1 is 0.780 bits per heavy atom. The number of halogens is 6. The van der Waals surface area contributed by atoms with Crippen LogP contribution in [0.25, 0.3) is 33.9 Å². The van der Waals surface area contributed by atoms with Gasteiger partial charge in [-0.2, -0.15) is 26.3 Å². The lowest BCUT2D eigenvalue weighted by Gasteiger charge is -2.23. The van der Waals surface area contributed by atoms with E-state index < -0.39 is 45.8 Å². The molecule has 0 radical (unpaired) electrons. The Kier molecular flexibility index (Phi) is 7.95. The highest BCUT2D eigenvalue weighted by molar-refractivity contribution is 7.89. The Labute approximate surface area is 231 Å². The quantitative estimate of drug-likeness (QED) is 0.255. The fourth-order valence-electron chi connectivity index (χ4n) is 3.70. The van der Waals surface area contributed by atoms with Crippen LogP contribution in [0.1, 0.15) is 25.1 Å². The van der Waals surface area contributed by atoms with E-state index in [1.165, 1.54) is 50.4 Å². The highest BCUT2D eigenvalue weighted by atomic mass is 32.2. The second-order valence-corrected chi connectivity index (χ2v) is 11.3. The molecule has 0 aliphatic heterocycles. The number of nitrogens with one attached hydrogen (secondary N) is 1. The van der Waals surface area contributed by atoms with Crippen LogP contribution in [-0.4, -0.2) is 40.6 Å². The van der Waals surface area contributed by atoms with E-state index in [1.807, 2.05) is 0 Å². The smallest absolute Gasteiger partial charge is 0.394 e. The van der Waals surface area contributed by atoms with Gasteiger partial charge in [-0.3, -0.25) is 4.98 Å². The van der Waals surface area contributed by atoms with E-state index in [0.717, 1.165) is 24.3 Å². The van der Waals surface area contributed by atoms with E-state index in [0.29, 0.717) is 11.6 Å². The maximum atomic E-state index is 13.7. The van der Waals surface area contributed by atoms with E-state index in [4.69, 9.17) is 0 Å². The van der Waals surface area contributed by atoms with E-state index in [-0.39, 0.29) is 33.2 Å². The van der Waals surface area contributed by atoms with Crippen LogP contribution in [-0.2, 0) is 22.4 Å². The summed E-state index contributed by atoms with van der Waals surface area (Å²) in [4.78, 5) is 11.9. The predicted molar refractivity (Wildman–Crippen MR) is 138 cm³/mol. The van der Waals surface area contributed by atoms with Crippen molar-refractivity contribution in [2.24, 2.45) is 0 Å². The zero-order valence-corrected chi connectivity index (χ0v) is 22.2. The third-order valence-electron chi connectivity index (χ3n) is 5.79. The first-order chi connectivity index (χ1) is 19.0. The average Bonchev–Trinajstić information content (AvgIpc) is 2.91. The molecule has 0 spiro atoms. The van der Waals surface area contributed by atoms with Crippen molar-refractivity contribution >= 4 is 10.0 Å². The second-order valence-electron chi connectivity index (χ2n) is 9.64. The molecule has 0 atom stereocenters. The molecule has 2 aromatic heterocycles.